The lowest BCUT2D eigenvalue weighted by Crippen LogP contribution is -2.30. The molecule has 1 aliphatic rings. The van der Waals surface area contributed by atoms with Crippen molar-refractivity contribution in [1.82, 2.24) is 4.90 Å². The summed E-state index contributed by atoms with van der Waals surface area (Å²) in [5.74, 6) is 0. The molecule has 1 aromatic carbocycles. The molecule has 0 aliphatic carbocycles. The molecule has 0 radical (unpaired) electrons. The van der Waals surface area contributed by atoms with Crippen molar-refractivity contribution in [1.29, 1.82) is 5.26 Å². The number of hydrogen-bond donors (Lipinski definition) is 2. The van der Waals surface area contributed by atoms with E-state index in [9.17, 15) is 0 Å². The number of likely N-dealkylation sites (tertiary alicyclic amines) is 1. The van der Waals surface area contributed by atoms with Crippen molar-refractivity contribution >= 4 is 11.4 Å². The van der Waals surface area contributed by atoms with Gasteiger partial charge in [0.25, 0.3) is 0 Å². The predicted molar refractivity (Wildman–Crippen MR) is 79.0 cm³/mol. The fourth-order valence-corrected chi connectivity index (χ4v) is 2.52. The molecule has 1 saturated heterocycles. The van der Waals surface area contributed by atoms with Crippen LogP contribution < -0.4 is 11.1 Å². The van der Waals surface area contributed by atoms with E-state index in [0.717, 1.165) is 18.8 Å². The van der Waals surface area contributed by atoms with Gasteiger partial charge in [-0.2, -0.15) is 5.26 Å². The van der Waals surface area contributed by atoms with Crippen molar-refractivity contribution in [2.75, 3.05) is 37.2 Å². The van der Waals surface area contributed by atoms with Gasteiger partial charge in [0, 0.05) is 18.8 Å². The summed E-state index contributed by atoms with van der Waals surface area (Å²) < 4.78 is 0. The number of nitrogens with zero attached hydrogens (tertiary/aromatic N) is 2. The first kappa shape index (κ1) is 13.7. The first-order valence-corrected chi connectivity index (χ1v) is 7.05. The van der Waals surface area contributed by atoms with Crippen molar-refractivity contribution in [2.45, 2.75) is 25.7 Å². The summed E-state index contributed by atoms with van der Waals surface area (Å²) in [5.41, 5.74) is 7.81. The average molecular weight is 258 g/mol. The third-order valence-corrected chi connectivity index (χ3v) is 3.61. The van der Waals surface area contributed by atoms with Crippen LogP contribution in [0.4, 0.5) is 11.4 Å². The highest BCUT2D eigenvalue weighted by molar-refractivity contribution is 5.62. The van der Waals surface area contributed by atoms with Crippen LogP contribution in [0.5, 0.6) is 0 Å². The van der Waals surface area contributed by atoms with E-state index in [2.05, 4.69) is 16.3 Å². The summed E-state index contributed by atoms with van der Waals surface area (Å²) in [5, 5.41) is 12.4. The summed E-state index contributed by atoms with van der Waals surface area (Å²) in [6, 6.07) is 7.61. The van der Waals surface area contributed by atoms with Crippen molar-refractivity contribution in [3.8, 4) is 6.07 Å². The Labute approximate surface area is 115 Å². The fraction of sp³-hybridized carbons (Fsp3) is 0.533. The fourth-order valence-electron chi connectivity index (χ4n) is 2.52. The molecule has 0 bridgehead atoms. The Morgan fingerprint density at radius 1 is 1.21 bits per heavy atom. The van der Waals surface area contributed by atoms with Gasteiger partial charge in [-0.25, -0.2) is 0 Å². The van der Waals surface area contributed by atoms with Gasteiger partial charge in [0.15, 0.2) is 0 Å². The molecule has 0 unspecified atom stereocenters. The van der Waals surface area contributed by atoms with Crippen molar-refractivity contribution in [3.63, 3.8) is 0 Å². The van der Waals surface area contributed by atoms with Crippen LogP contribution in [0.3, 0.4) is 0 Å². The lowest BCUT2D eigenvalue weighted by molar-refractivity contribution is 0.296. The third-order valence-electron chi connectivity index (χ3n) is 3.61. The Bertz CT molecular complexity index is 442. The second-order valence-corrected chi connectivity index (χ2v) is 5.10. The molecule has 19 heavy (non-hydrogen) atoms. The maximum absolute atomic E-state index is 9.07. The molecule has 0 amide bonds. The molecule has 3 N–H and O–H groups in total. The van der Waals surface area contributed by atoms with Crippen LogP contribution in [0.2, 0.25) is 0 Å². The number of nitrogens with two attached hydrogens (primary N) is 1. The zero-order valence-electron chi connectivity index (χ0n) is 11.4. The Morgan fingerprint density at radius 2 is 1.95 bits per heavy atom. The van der Waals surface area contributed by atoms with E-state index >= 15 is 0 Å². The van der Waals surface area contributed by atoms with E-state index in [-0.39, 0.29) is 0 Å². The highest BCUT2D eigenvalue weighted by Gasteiger charge is 2.08. The summed E-state index contributed by atoms with van der Waals surface area (Å²) in [4.78, 5) is 2.50. The maximum atomic E-state index is 9.07. The molecule has 4 nitrogen and oxygen atoms in total. The topological polar surface area (TPSA) is 65.1 Å². The maximum Gasteiger partial charge on any atom is 0.101 e. The van der Waals surface area contributed by atoms with E-state index in [4.69, 9.17) is 11.0 Å². The molecule has 1 aromatic rings. The van der Waals surface area contributed by atoms with Crippen molar-refractivity contribution < 1.29 is 0 Å². The SMILES string of the molecule is N#Cc1cc(N)ccc1NCCN1CCCCCC1. The molecule has 4 heteroatoms. The Hall–Kier alpha value is -1.73. The number of hydrogen-bond acceptors (Lipinski definition) is 4. The zero-order chi connectivity index (χ0) is 13.5. The molecule has 0 spiro atoms. The quantitative estimate of drug-likeness (QED) is 0.814. The number of nitrogens with one attached hydrogen (secondary N) is 1. The number of anilines is 2. The van der Waals surface area contributed by atoms with Crippen LogP contribution in [0.15, 0.2) is 18.2 Å². The minimum Gasteiger partial charge on any atom is -0.399 e. The van der Waals surface area contributed by atoms with Gasteiger partial charge in [0.05, 0.1) is 11.3 Å². The number of nitrogen functional groups attached to an aromatic ring is 1. The number of rotatable bonds is 4. The van der Waals surface area contributed by atoms with Crippen LogP contribution >= 0.6 is 0 Å². The monoisotopic (exact) mass is 258 g/mol. The van der Waals surface area contributed by atoms with Gasteiger partial charge in [-0.05, 0) is 44.1 Å². The predicted octanol–water partition coefficient (Wildman–Crippen LogP) is 2.43. The second-order valence-electron chi connectivity index (χ2n) is 5.10. The molecular formula is C15H22N4. The standard InChI is InChI=1S/C15H22N4/c16-12-13-11-14(17)5-6-15(13)18-7-10-19-8-3-1-2-4-9-19/h5-6,11,18H,1-4,7-10,17H2. The van der Waals surface area contributed by atoms with Crippen LogP contribution in [0.25, 0.3) is 0 Å². The van der Waals surface area contributed by atoms with Gasteiger partial charge in [0.2, 0.25) is 0 Å². The largest absolute Gasteiger partial charge is 0.399 e. The minimum atomic E-state index is 0.621. The average Bonchev–Trinajstić information content (AvgIpc) is 2.69. The summed E-state index contributed by atoms with van der Waals surface area (Å²) in [6.45, 7) is 4.32. The van der Waals surface area contributed by atoms with E-state index in [1.165, 1.54) is 38.8 Å². The number of benzene rings is 1. The molecule has 2 rings (SSSR count). The van der Waals surface area contributed by atoms with Gasteiger partial charge in [-0.15, -0.1) is 0 Å². The Morgan fingerprint density at radius 3 is 2.63 bits per heavy atom. The van der Waals surface area contributed by atoms with Gasteiger partial charge in [0.1, 0.15) is 6.07 Å². The minimum absolute atomic E-state index is 0.621. The number of nitriles is 1. The highest BCUT2D eigenvalue weighted by atomic mass is 15.1. The first-order valence-electron chi connectivity index (χ1n) is 7.05. The molecular weight excluding hydrogens is 236 g/mol. The molecule has 0 saturated carbocycles. The van der Waals surface area contributed by atoms with Crippen LogP contribution in [-0.2, 0) is 0 Å². The van der Waals surface area contributed by atoms with E-state index < -0.39 is 0 Å². The van der Waals surface area contributed by atoms with E-state index in [1.807, 2.05) is 12.1 Å². The summed E-state index contributed by atoms with van der Waals surface area (Å²) >= 11 is 0. The van der Waals surface area contributed by atoms with E-state index in [1.54, 1.807) is 6.07 Å². The zero-order valence-corrected chi connectivity index (χ0v) is 11.4. The van der Waals surface area contributed by atoms with Crippen molar-refractivity contribution in [3.05, 3.63) is 23.8 Å². The Balaban J connectivity index is 1.83. The van der Waals surface area contributed by atoms with Crippen LogP contribution in [-0.4, -0.2) is 31.1 Å². The van der Waals surface area contributed by atoms with Gasteiger partial charge in [-0.1, -0.05) is 12.8 Å². The highest BCUT2D eigenvalue weighted by Crippen LogP contribution is 2.17. The van der Waals surface area contributed by atoms with Crippen LogP contribution in [0.1, 0.15) is 31.2 Å². The first-order chi connectivity index (χ1) is 9.29. The van der Waals surface area contributed by atoms with Gasteiger partial charge in [-0.3, -0.25) is 0 Å². The lowest BCUT2D eigenvalue weighted by Gasteiger charge is -2.20. The van der Waals surface area contributed by atoms with E-state index in [0.29, 0.717) is 11.3 Å². The molecule has 1 heterocycles. The molecule has 1 aliphatic heterocycles. The van der Waals surface area contributed by atoms with Gasteiger partial charge < -0.3 is 16.0 Å². The lowest BCUT2D eigenvalue weighted by atomic mass is 10.1. The summed E-state index contributed by atoms with van der Waals surface area (Å²) in [7, 11) is 0. The second kappa shape index (κ2) is 7.01. The molecule has 1 fully saturated rings. The third kappa shape index (κ3) is 4.15. The molecule has 0 atom stereocenters. The molecule has 0 aromatic heterocycles. The van der Waals surface area contributed by atoms with Gasteiger partial charge >= 0.3 is 0 Å². The van der Waals surface area contributed by atoms with Crippen molar-refractivity contribution in [2.24, 2.45) is 0 Å². The Kier molecular flexibility index (Phi) is 5.05. The molecule has 102 valence electrons. The summed E-state index contributed by atoms with van der Waals surface area (Å²) in [6.07, 6.45) is 5.34. The van der Waals surface area contributed by atoms with Crippen LogP contribution in [0, 0.1) is 11.3 Å². The smallest absolute Gasteiger partial charge is 0.101 e. The normalized spacial score (nSPS) is 16.6.